The highest BCUT2D eigenvalue weighted by atomic mass is 16.4. The molecule has 6 atom stereocenters. The van der Waals surface area contributed by atoms with Crippen LogP contribution in [0.3, 0.4) is 0 Å². The number of carboxylic acids is 1. The fourth-order valence-electron chi connectivity index (χ4n) is 2.13. The number of carboxylic acid groups (broad SMARTS) is 1. The van der Waals surface area contributed by atoms with Crippen molar-refractivity contribution in [3.05, 3.63) is 0 Å². The summed E-state index contributed by atoms with van der Waals surface area (Å²) in [5.74, 6) is -6.01. The first-order valence-corrected chi connectivity index (χ1v) is 9.24. The lowest BCUT2D eigenvalue weighted by molar-refractivity contribution is -0.145. The molecule has 0 bridgehead atoms. The summed E-state index contributed by atoms with van der Waals surface area (Å²) in [5, 5.41) is 63.0. The Morgan fingerprint density at radius 3 is 1.31 bits per heavy atom. The second-order valence-electron chi connectivity index (χ2n) is 6.59. The average molecular weight is 467 g/mol. The standard InChI is InChI=1S/C16H29N5O11/c1-6(26)11(16(31)32)21-15(30)10(5-25)20-14(29)9(4-24)19-13(28)8(3-23)18-12(27)7(17)2-22/h6-11,22-26H,2-5,17H2,1H3,(H,18,27)(H,19,28)(H,20,29)(H,21,30)(H,31,32)/t6-,7+,8+,9+,10+,11+/m1/s1. The van der Waals surface area contributed by atoms with E-state index >= 15 is 0 Å². The van der Waals surface area contributed by atoms with Crippen LogP contribution >= 0.6 is 0 Å². The number of hydrogen-bond acceptors (Lipinski definition) is 11. The zero-order chi connectivity index (χ0) is 25.0. The predicted molar refractivity (Wildman–Crippen MR) is 103 cm³/mol. The van der Waals surface area contributed by atoms with Gasteiger partial charge in [0, 0.05) is 0 Å². The van der Waals surface area contributed by atoms with Gasteiger partial charge in [-0.25, -0.2) is 4.79 Å². The van der Waals surface area contributed by atoms with Crippen molar-refractivity contribution in [3.8, 4) is 0 Å². The summed E-state index contributed by atoms with van der Waals surface area (Å²) >= 11 is 0. The Kier molecular flexibility index (Phi) is 12.9. The van der Waals surface area contributed by atoms with Crippen molar-refractivity contribution < 1.29 is 54.6 Å². The molecule has 12 N–H and O–H groups in total. The third-order valence-corrected chi connectivity index (χ3v) is 4.03. The lowest BCUT2D eigenvalue weighted by atomic mass is 10.1. The molecule has 0 radical (unpaired) electrons. The van der Waals surface area contributed by atoms with Gasteiger partial charge in [-0.15, -0.1) is 0 Å². The Balaban J connectivity index is 5.14. The Morgan fingerprint density at radius 1 is 0.688 bits per heavy atom. The maximum absolute atomic E-state index is 12.3. The van der Waals surface area contributed by atoms with Gasteiger partial charge in [-0.2, -0.15) is 0 Å². The van der Waals surface area contributed by atoms with E-state index in [1.807, 2.05) is 21.3 Å². The molecule has 4 amide bonds. The summed E-state index contributed by atoms with van der Waals surface area (Å²) in [7, 11) is 0. The fourth-order valence-corrected chi connectivity index (χ4v) is 2.13. The Hall–Kier alpha value is -2.89. The number of aliphatic carboxylic acids is 1. The molecule has 0 aliphatic heterocycles. The van der Waals surface area contributed by atoms with Crippen molar-refractivity contribution in [2.45, 2.75) is 43.2 Å². The molecule has 0 unspecified atom stereocenters. The van der Waals surface area contributed by atoms with Crippen LogP contribution in [0.5, 0.6) is 0 Å². The van der Waals surface area contributed by atoms with Gasteiger partial charge in [0.15, 0.2) is 6.04 Å². The molecule has 0 heterocycles. The van der Waals surface area contributed by atoms with E-state index < -0.39 is 92.3 Å². The first-order valence-electron chi connectivity index (χ1n) is 9.24. The molecule has 0 aromatic carbocycles. The summed E-state index contributed by atoms with van der Waals surface area (Å²) in [5.41, 5.74) is 5.27. The van der Waals surface area contributed by atoms with Gasteiger partial charge in [0.05, 0.1) is 32.5 Å². The van der Waals surface area contributed by atoms with Crippen molar-refractivity contribution in [2.75, 3.05) is 26.4 Å². The minimum absolute atomic E-state index is 0.740. The van der Waals surface area contributed by atoms with E-state index in [4.69, 9.17) is 15.9 Å². The third-order valence-electron chi connectivity index (χ3n) is 4.03. The van der Waals surface area contributed by atoms with E-state index in [9.17, 15) is 44.4 Å². The number of hydrogen-bond donors (Lipinski definition) is 11. The van der Waals surface area contributed by atoms with Gasteiger partial charge in [0.25, 0.3) is 0 Å². The van der Waals surface area contributed by atoms with Crippen LogP contribution in [-0.4, -0.2) is 123 Å². The highest BCUT2D eigenvalue weighted by molar-refractivity contribution is 5.95. The molecule has 0 aromatic rings. The van der Waals surface area contributed by atoms with Crippen molar-refractivity contribution >= 4 is 29.6 Å². The average Bonchev–Trinajstić information content (AvgIpc) is 2.75. The maximum atomic E-state index is 12.3. The van der Waals surface area contributed by atoms with Gasteiger partial charge in [0.2, 0.25) is 23.6 Å². The number of aliphatic hydroxyl groups excluding tert-OH is 5. The first-order chi connectivity index (χ1) is 14.9. The molecule has 0 rings (SSSR count). The van der Waals surface area contributed by atoms with Gasteiger partial charge in [-0.3, -0.25) is 19.2 Å². The van der Waals surface area contributed by atoms with Crippen molar-refractivity contribution in [1.29, 1.82) is 0 Å². The number of carbonyl (C=O) groups excluding carboxylic acids is 4. The van der Waals surface area contributed by atoms with Crippen molar-refractivity contribution in [3.63, 3.8) is 0 Å². The molecule has 0 saturated carbocycles. The van der Waals surface area contributed by atoms with Crippen LogP contribution in [-0.2, 0) is 24.0 Å². The summed E-state index contributed by atoms with van der Waals surface area (Å²) < 4.78 is 0. The monoisotopic (exact) mass is 467 g/mol. The van der Waals surface area contributed by atoms with Gasteiger partial charge < -0.3 is 57.6 Å². The number of rotatable bonds is 14. The van der Waals surface area contributed by atoms with E-state index in [1.54, 1.807) is 0 Å². The van der Waals surface area contributed by atoms with Gasteiger partial charge in [0.1, 0.15) is 24.2 Å². The van der Waals surface area contributed by atoms with E-state index in [2.05, 4.69) is 0 Å². The number of nitrogens with one attached hydrogen (secondary N) is 4. The van der Waals surface area contributed by atoms with Crippen LogP contribution in [0.2, 0.25) is 0 Å². The van der Waals surface area contributed by atoms with E-state index in [0.29, 0.717) is 0 Å². The zero-order valence-electron chi connectivity index (χ0n) is 17.1. The van der Waals surface area contributed by atoms with Gasteiger partial charge in [-0.1, -0.05) is 0 Å². The Labute approximate surface area is 181 Å². The minimum Gasteiger partial charge on any atom is -0.480 e. The Bertz CT molecular complexity index is 675. The molecule has 184 valence electrons. The number of amides is 4. The quantitative estimate of drug-likeness (QED) is 0.114. The SMILES string of the molecule is C[C@@H](O)[C@H](NC(=O)[C@H](CO)NC(=O)[C@H](CO)NC(=O)[C@H](CO)NC(=O)[C@@H](N)CO)C(=O)O. The number of nitrogens with two attached hydrogens (primary N) is 1. The molecule has 0 aromatic heterocycles. The van der Waals surface area contributed by atoms with Crippen LogP contribution < -0.4 is 27.0 Å². The second-order valence-corrected chi connectivity index (χ2v) is 6.59. The molecule has 0 aliphatic carbocycles. The normalized spacial score (nSPS) is 16.5. The largest absolute Gasteiger partial charge is 0.480 e. The van der Waals surface area contributed by atoms with Gasteiger partial charge in [-0.05, 0) is 6.92 Å². The Morgan fingerprint density at radius 2 is 1.03 bits per heavy atom. The lowest BCUT2D eigenvalue weighted by Gasteiger charge is -2.24. The molecule has 16 heteroatoms. The summed E-state index contributed by atoms with van der Waals surface area (Å²) in [6, 6.07) is -8.12. The molecule has 0 spiro atoms. The van der Waals surface area contributed by atoms with E-state index in [-0.39, 0.29) is 0 Å². The smallest absolute Gasteiger partial charge is 0.328 e. The van der Waals surface area contributed by atoms with E-state index in [0.717, 1.165) is 6.92 Å². The highest BCUT2D eigenvalue weighted by Gasteiger charge is 2.32. The molecular formula is C16H29N5O11. The minimum atomic E-state index is -1.74. The van der Waals surface area contributed by atoms with Crippen LogP contribution in [0.15, 0.2) is 0 Å². The van der Waals surface area contributed by atoms with Crippen LogP contribution in [0, 0.1) is 0 Å². The van der Waals surface area contributed by atoms with Gasteiger partial charge >= 0.3 is 5.97 Å². The van der Waals surface area contributed by atoms with Crippen LogP contribution in [0.1, 0.15) is 6.92 Å². The summed E-state index contributed by atoms with van der Waals surface area (Å²) in [6.07, 6.45) is -1.50. The number of carbonyl (C=O) groups is 5. The lowest BCUT2D eigenvalue weighted by Crippen LogP contribution is -2.61. The summed E-state index contributed by atoms with van der Waals surface area (Å²) in [6.45, 7) is -2.56. The molecule has 16 nitrogen and oxygen atoms in total. The van der Waals surface area contributed by atoms with Crippen molar-refractivity contribution in [2.24, 2.45) is 5.73 Å². The molecule has 32 heavy (non-hydrogen) atoms. The number of aliphatic hydroxyl groups is 5. The molecule has 0 saturated heterocycles. The van der Waals surface area contributed by atoms with Crippen LogP contribution in [0.25, 0.3) is 0 Å². The van der Waals surface area contributed by atoms with E-state index in [1.165, 1.54) is 0 Å². The molecule has 0 fully saturated rings. The van der Waals surface area contributed by atoms with Crippen LogP contribution in [0.4, 0.5) is 0 Å². The highest BCUT2D eigenvalue weighted by Crippen LogP contribution is 1.97. The van der Waals surface area contributed by atoms with Crippen molar-refractivity contribution in [1.82, 2.24) is 21.3 Å². The predicted octanol–water partition coefficient (Wildman–Crippen LogP) is -7.31. The third kappa shape index (κ3) is 9.08. The zero-order valence-corrected chi connectivity index (χ0v) is 17.1. The maximum Gasteiger partial charge on any atom is 0.328 e. The second kappa shape index (κ2) is 14.2. The molecule has 0 aliphatic rings. The fraction of sp³-hybridized carbons (Fsp3) is 0.688. The summed E-state index contributed by atoms with van der Waals surface area (Å²) in [4.78, 5) is 59.2. The first kappa shape index (κ1) is 29.1. The molecular weight excluding hydrogens is 438 g/mol. The topological polar surface area (TPSA) is 281 Å².